The number of hydrogen-bond acceptors (Lipinski definition) is 4. The van der Waals surface area contributed by atoms with Crippen molar-refractivity contribution in [3.63, 3.8) is 0 Å². The summed E-state index contributed by atoms with van der Waals surface area (Å²) in [5.74, 6) is 0.442. The number of benzene rings is 1. The molecule has 3 aromatic rings. The molecule has 0 amide bonds. The van der Waals surface area contributed by atoms with Crippen LogP contribution >= 0.6 is 0 Å². The highest BCUT2D eigenvalue weighted by atomic mass is 32.2. The Labute approximate surface area is 122 Å². The average molecular weight is 302 g/mol. The first-order valence-electron chi connectivity index (χ1n) is 6.28. The topological polar surface area (TPSA) is 101 Å². The lowest BCUT2D eigenvalue weighted by Crippen LogP contribution is -2.18. The molecule has 1 aromatic carbocycles. The standard InChI is InChI=1S/C14H14N4O2S/c1-16-21(19,20)10-4-2-9(3-5-10)12-7-17-13-8-18-14(15)6-11(12)13/h2-8,16-17H,1H3,(H2,15,18). The van der Waals surface area contributed by atoms with Gasteiger partial charge in [0, 0.05) is 17.1 Å². The van der Waals surface area contributed by atoms with Crippen LogP contribution in [0.3, 0.4) is 0 Å². The van der Waals surface area contributed by atoms with Crippen LogP contribution in [0.4, 0.5) is 5.82 Å². The molecule has 0 saturated heterocycles. The quantitative estimate of drug-likeness (QED) is 0.685. The van der Waals surface area contributed by atoms with E-state index in [0.717, 1.165) is 22.0 Å². The van der Waals surface area contributed by atoms with Gasteiger partial charge in [-0.3, -0.25) is 0 Å². The summed E-state index contributed by atoms with van der Waals surface area (Å²) in [6.07, 6.45) is 3.53. The maximum absolute atomic E-state index is 11.7. The van der Waals surface area contributed by atoms with Gasteiger partial charge in [0.05, 0.1) is 16.6 Å². The monoisotopic (exact) mass is 302 g/mol. The second-order valence-electron chi connectivity index (χ2n) is 4.59. The normalized spacial score (nSPS) is 11.9. The molecule has 0 spiro atoms. The van der Waals surface area contributed by atoms with Gasteiger partial charge in [-0.2, -0.15) is 0 Å². The number of H-pyrrole nitrogens is 1. The zero-order valence-corrected chi connectivity index (χ0v) is 12.1. The molecule has 0 aliphatic rings. The number of aromatic amines is 1. The summed E-state index contributed by atoms with van der Waals surface area (Å²) in [6.45, 7) is 0. The van der Waals surface area contributed by atoms with Gasteiger partial charge < -0.3 is 10.7 Å². The Kier molecular flexibility index (Phi) is 3.15. The number of nitrogens with one attached hydrogen (secondary N) is 2. The van der Waals surface area contributed by atoms with Crippen molar-refractivity contribution in [3.8, 4) is 11.1 Å². The molecule has 2 heterocycles. The number of hydrogen-bond donors (Lipinski definition) is 3. The fraction of sp³-hybridized carbons (Fsp3) is 0.0714. The molecule has 0 unspecified atom stereocenters. The van der Waals surface area contributed by atoms with E-state index >= 15 is 0 Å². The van der Waals surface area contributed by atoms with Crippen molar-refractivity contribution in [2.45, 2.75) is 4.90 Å². The molecule has 0 fully saturated rings. The Hall–Kier alpha value is -2.38. The van der Waals surface area contributed by atoms with Crippen LogP contribution in [0.2, 0.25) is 0 Å². The van der Waals surface area contributed by atoms with Gasteiger partial charge >= 0.3 is 0 Å². The third-order valence-corrected chi connectivity index (χ3v) is 4.76. The third-order valence-electron chi connectivity index (χ3n) is 3.33. The number of aromatic nitrogens is 2. The van der Waals surface area contributed by atoms with Gasteiger partial charge in [0.25, 0.3) is 0 Å². The first-order chi connectivity index (χ1) is 10.0. The molecule has 21 heavy (non-hydrogen) atoms. The van der Waals surface area contributed by atoms with Crippen molar-refractivity contribution in [2.24, 2.45) is 0 Å². The van der Waals surface area contributed by atoms with E-state index in [1.54, 1.807) is 36.5 Å². The highest BCUT2D eigenvalue weighted by Gasteiger charge is 2.12. The number of nitrogens with zero attached hydrogens (tertiary/aromatic N) is 1. The average Bonchev–Trinajstić information content (AvgIpc) is 2.90. The van der Waals surface area contributed by atoms with Gasteiger partial charge in [0.2, 0.25) is 10.0 Å². The van der Waals surface area contributed by atoms with E-state index in [4.69, 9.17) is 5.73 Å². The van der Waals surface area contributed by atoms with E-state index in [9.17, 15) is 8.42 Å². The van der Waals surface area contributed by atoms with Crippen molar-refractivity contribution < 1.29 is 8.42 Å². The maximum Gasteiger partial charge on any atom is 0.240 e. The fourth-order valence-electron chi connectivity index (χ4n) is 2.21. The highest BCUT2D eigenvalue weighted by Crippen LogP contribution is 2.29. The number of anilines is 1. The van der Waals surface area contributed by atoms with Crippen LogP contribution in [-0.2, 0) is 10.0 Å². The predicted octanol–water partition coefficient (Wildman–Crippen LogP) is 1.72. The van der Waals surface area contributed by atoms with Crippen molar-refractivity contribution in [3.05, 3.63) is 42.7 Å². The van der Waals surface area contributed by atoms with Crippen LogP contribution in [0, 0.1) is 0 Å². The minimum atomic E-state index is -3.42. The molecular weight excluding hydrogens is 288 g/mol. The molecule has 0 saturated carbocycles. The number of fused-ring (bicyclic) bond motifs is 1. The smallest absolute Gasteiger partial charge is 0.240 e. The van der Waals surface area contributed by atoms with Crippen LogP contribution in [0.15, 0.2) is 47.6 Å². The lowest BCUT2D eigenvalue weighted by atomic mass is 10.1. The molecular formula is C14H14N4O2S. The Balaban J connectivity index is 2.09. The van der Waals surface area contributed by atoms with E-state index in [2.05, 4.69) is 14.7 Å². The molecule has 4 N–H and O–H groups in total. The number of sulfonamides is 1. The number of pyridine rings is 1. The van der Waals surface area contributed by atoms with Crippen LogP contribution in [0.1, 0.15) is 0 Å². The second-order valence-corrected chi connectivity index (χ2v) is 6.48. The number of nitrogens with two attached hydrogens (primary N) is 1. The van der Waals surface area contributed by atoms with Crippen LogP contribution in [0.25, 0.3) is 22.0 Å². The lowest BCUT2D eigenvalue weighted by molar-refractivity contribution is 0.588. The minimum absolute atomic E-state index is 0.231. The predicted molar refractivity (Wildman–Crippen MR) is 82.2 cm³/mol. The SMILES string of the molecule is CNS(=O)(=O)c1ccc(-c2c[nH]c3cnc(N)cc23)cc1. The van der Waals surface area contributed by atoms with Crippen LogP contribution in [-0.4, -0.2) is 25.4 Å². The van der Waals surface area contributed by atoms with Gasteiger partial charge in [-0.05, 0) is 30.8 Å². The molecule has 6 nitrogen and oxygen atoms in total. The summed E-state index contributed by atoms with van der Waals surface area (Å²) in [6, 6.07) is 8.47. The molecule has 0 atom stereocenters. The molecule has 2 aromatic heterocycles. The molecule has 0 aliphatic carbocycles. The third kappa shape index (κ3) is 2.37. The van der Waals surface area contributed by atoms with Crippen LogP contribution < -0.4 is 10.5 Å². The van der Waals surface area contributed by atoms with E-state index in [1.807, 2.05) is 6.20 Å². The fourth-order valence-corrected chi connectivity index (χ4v) is 2.94. The van der Waals surface area contributed by atoms with Crippen molar-refractivity contribution >= 4 is 26.7 Å². The summed E-state index contributed by atoms with van der Waals surface area (Å²) in [7, 11) is -2.03. The molecule has 108 valence electrons. The second kappa shape index (κ2) is 4.87. The zero-order valence-electron chi connectivity index (χ0n) is 11.3. The van der Waals surface area contributed by atoms with Crippen molar-refractivity contribution in [1.82, 2.24) is 14.7 Å². The van der Waals surface area contributed by atoms with Crippen molar-refractivity contribution in [2.75, 3.05) is 12.8 Å². The van der Waals surface area contributed by atoms with Crippen LogP contribution in [0.5, 0.6) is 0 Å². The van der Waals surface area contributed by atoms with E-state index < -0.39 is 10.0 Å². The molecule has 0 bridgehead atoms. The Morgan fingerprint density at radius 1 is 1.24 bits per heavy atom. The minimum Gasteiger partial charge on any atom is -0.384 e. The Morgan fingerprint density at radius 2 is 1.95 bits per heavy atom. The number of nitrogen functional groups attached to an aromatic ring is 1. The van der Waals surface area contributed by atoms with Gasteiger partial charge in [-0.1, -0.05) is 12.1 Å². The number of rotatable bonds is 3. The summed E-state index contributed by atoms with van der Waals surface area (Å²) >= 11 is 0. The maximum atomic E-state index is 11.7. The van der Waals surface area contributed by atoms with Gasteiger partial charge in [-0.15, -0.1) is 0 Å². The molecule has 0 aliphatic heterocycles. The van der Waals surface area contributed by atoms with Gasteiger partial charge in [-0.25, -0.2) is 18.1 Å². The Morgan fingerprint density at radius 3 is 2.62 bits per heavy atom. The van der Waals surface area contributed by atoms with E-state index in [-0.39, 0.29) is 4.90 Å². The van der Waals surface area contributed by atoms with E-state index in [1.165, 1.54) is 7.05 Å². The first-order valence-corrected chi connectivity index (χ1v) is 7.76. The molecule has 0 radical (unpaired) electrons. The summed E-state index contributed by atoms with van der Waals surface area (Å²) in [4.78, 5) is 7.38. The highest BCUT2D eigenvalue weighted by molar-refractivity contribution is 7.89. The molecule has 3 rings (SSSR count). The summed E-state index contributed by atoms with van der Waals surface area (Å²) in [5, 5.41) is 0.951. The first kappa shape index (κ1) is 13.6. The Bertz CT molecular complexity index is 898. The molecule has 7 heteroatoms. The summed E-state index contributed by atoms with van der Waals surface area (Å²) < 4.78 is 25.7. The van der Waals surface area contributed by atoms with Gasteiger partial charge in [0.15, 0.2) is 0 Å². The lowest BCUT2D eigenvalue weighted by Gasteiger charge is -2.04. The largest absolute Gasteiger partial charge is 0.384 e. The van der Waals surface area contributed by atoms with Crippen molar-refractivity contribution in [1.29, 1.82) is 0 Å². The van der Waals surface area contributed by atoms with Gasteiger partial charge in [0.1, 0.15) is 5.82 Å². The summed E-state index contributed by atoms with van der Waals surface area (Å²) in [5.41, 5.74) is 8.45. The van der Waals surface area contributed by atoms with E-state index in [0.29, 0.717) is 5.82 Å². The zero-order chi connectivity index (χ0) is 15.0.